The van der Waals surface area contributed by atoms with Gasteiger partial charge in [-0.25, -0.2) is 4.79 Å². The molecule has 1 heterocycles. The van der Waals surface area contributed by atoms with Gasteiger partial charge in [0.15, 0.2) is 6.10 Å². The molecule has 0 aliphatic carbocycles. The van der Waals surface area contributed by atoms with E-state index in [0.29, 0.717) is 11.6 Å². The molecule has 1 aromatic rings. The smallest absolute Gasteiger partial charge is 0.339 e. The van der Waals surface area contributed by atoms with Gasteiger partial charge in [0, 0.05) is 25.7 Å². The minimum atomic E-state index is -1.01. The Morgan fingerprint density at radius 1 is 1.44 bits per heavy atom. The van der Waals surface area contributed by atoms with E-state index in [1.165, 1.54) is 25.1 Å². The maximum atomic E-state index is 12.3. The summed E-state index contributed by atoms with van der Waals surface area (Å²) in [5, 5.41) is 14.0. The van der Waals surface area contributed by atoms with Crippen LogP contribution in [-0.2, 0) is 9.53 Å². The number of hydrogen-bond acceptors (Lipinski definition) is 6. The van der Waals surface area contributed by atoms with Crippen molar-refractivity contribution in [2.24, 2.45) is 5.92 Å². The Hall–Kier alpha value is -2.90. The fourth-order valence-electron chi connectivity index (χ4n) is 2.91. The molecule has 8 heteroatoms. The van der Waals surface area contributed by atoms with Crippen LogP contribution in [0.1, 0.15) is 37.0 Å². The molecule has 8 nitrogen and oxygen atoms in total. The van der Waals surface area contributed by atoms with Crippen molar-refractivity contribution in [2.75, 3.05) is 24.5 Å². The van der Waals surface area contributed by atoms with Gasteiger partial charge in [-0.05, 0) is 37.8 Å². The fraction of sp³-hybridized carbons (Fsp3) is 0.474. The van der Waals surface area contributed by atoms with Gasteiger partial charge >= 0.3 is 5.97 Å². The number of nitrogens with zero attached hydrogens (tertiary/aromatic N) is 2. The molecule has 1 saturated heterocycles. The van der Waals surface area contributed by atoms with Crippen LogP contribution in [0.25, 0.3) is 0 Å². The van der Waals surface area contributed by atoms with Crippen LogP contribution in [0.15, 0.2) is 30.9 Å². The van der Waals surface area contributed by atoms with Crippen LogP contribution in [0, 0.1) is 16.0 Å². The van der Waals surface area contributed by atoms with Crippen LogP contribution in [-0.4, -0.2) is 42.5 Å². The van der Waals surface area contributed by atoms with Crippen molar-refractivity contribution in [3.8, 4) is 0 Å². The summed E-state index contributed by atoms with van der Waals surface area (Å²) in [5.41, 5.74) is 0.405. The summed E-state index contributed by atoms with van der Waals surface area (Å²) in [6.45, 7) is 8.83. The maximum Gasteiger partial charge on any atom is 0.339 e. The first-order chi connectivity index (χ1) is 12.8. The van der Waals surface area contributed by atoms with Crippen molar-refractivity contribution in [3.63, 3.8) is 0 Å². The Balaban J connectivity index is 2.14. The van der Waals surface area contributed by atoms with E-state index in [4.69, 9.17) is 4.74 Å². The summed E-state index contributed by atoms with van der Waals surface area (Å²) in [4.78, 5) is 37.0. The van der Waals surface area contributed by atoms with E-state index < -0.39 is 22.9 Å². The molecule has 1 atom stereocenters. The highest BCUT2D eigenvalue weighted by molar-refractivity contribution is 5.93. The lowest BCUT2D eigenvalue weighted by Crippen LogP contribution is -2.36. The van der Waals surface area contributed by atoms with Crippen LogP contribution >= 0.6 is 0 Å². The topological polar surface area (TPSA) is 102 Å². The maximum absolute atomic E-state index is 12.3. The number of anilines is 1. The molecule has 0 spiro atoms. The van der Waals surface area contributed by atoms with E-state index >= 15 is 0 Å². The van der Waals surface area contributed by atoms with Crippen LogP contribution in [0.4, 0.5) is 11.4 Å². The molecular formula is C19H25N3O5. The molecule has 2 rings (SSSR count). The first-order valence-corrected chi connectivity index (χ1v) is 8.96. The largest absolute Gasteiger partial charge is 0.449 e. The number of esters is 1. The number of hydrogen-bond donors (Lipinski definition) is 1. The number of carbonyl (C=O) groups is 2. The zero-order chi connectivity index (χ0) is 20.0. The minimum Gasteiger partial charge on any atom is -0.449 e. The van der Waals surface area contributed by atoms with Gasteiger partial charge in [0.1, 0.15) is 5.69 Å². The van der Waals surface area contributed by atoms with Gasteiger partial charge in [-0.3, -0.25) is 14.9 Å². The molecule has 0 saturated carbocycles. The van der Waals surface area contributed by atoms with Gasteiger partial charge in [-0.15, -0.1) is 6.58 Å². The SMILES string of the molecule is C=CCNC(=O)[C@@H](C)OC(=O)c1ccc(N2CCC(C)CC2)c([N+](=O)[O-])c1. The molecule has 1 N–H and O–H groups in total. The second-order valence-corrected chi connectivity index (χ2v) is 6.71. The monoisotopic (exact) mass is 375 g/mol. The number of nitro groups is 1. The second-order valence-electron chi connectivity index (χ2n) is 6.71. The zero-order valence-electron chi connectivity index (χ0n) is 15.6. The van der Waals surface area contributed by atoms with Gasteiger partial charge in [-0.2, -0.15) is 0 Å². The van der Waals surface area contributed by atoms with E-state index in [9.17, 15) is 19.7 Å². The molecule has 1 aliphatic heterocycles. The van der Waals surface area contributed by atoms with E-state index in [-0.39, 0.29) is 17.8 Å². The number of ether oxygens (including phenoxy) is 1. The number of piperidine rings is 1. The summed E-state index contributed by atoms with van der Waals surface area (Å²) < 4.78 is 5.11. The predicted octanol–water partition coefficient (Wildman–Crippen LogP) is 2.68. The number of rotatable bonds is 7. The molecule has 0 aromatic heterocycles. The van der Waals surface area contributed by atoms with E-state index in [2.05, 4.69) is 18.8 Å². The van der Waals surface area contributed by atoms with Gasteiger partial charge in [0.2, 0.25) is 0 Å². The summed E-state index contributed by atoms with van der Waals surface area (Å²) >= 11 is 0. The van der Waals surface area contributed by atoms with Crippen molar-refractivity contribution in [2.45, 2.75) is 32.8 Å². The first kappa shape index (κ1) is 20.4. The van der Waals surface area contributed by atoms with Crippen molar-refractivity contribution in [1.29, 1.82) is 0 Å². The van der Waals surface area contributed by atoms with Gasteiger partial charge in [0.25, 0.3) is 11.6 Å². The van der Waals surface area contributed by atoms with Gasteiger partial charge in [-0.1, -0.05) is 13.0 Å². The molecule has 1 fully saturated rings. The Kier molecular flexibility index (Phi) is 6.92. The van der Waals surface area contributed by atoms with Crippen LogP contribution < -0.4 is 10.2 Å². The number of benzene rings is 1. The number of nitrogens with one attached hydrogen (secondary N) is 1. The first-order valence-electron chi connectivity index (χ1n) is 8.96. The summed E-state index contributed by atoms with van der Waals surface area (Å²) in [5.74, 6) is -0.641. The molecule has 0 bridgehead atoms. The van der Waals surface area contributed by atoms with Gasteiger partial charge in [0.05, 0.1) is 10.5 Å². The Morgan fingerprint density at radius 2 is 2.11 bits per heavy atom. The van der Waals surface area contributed by atoms with Crippen LogP contribution in [0.5, 0.6) is 0 Å². The van der Waals surface area contributed by atoms with E-state index in [1.807, 2.05) is 4.90 Å². The molecule has 1 aliphatic rings. The Labute approximate surface area is 158 Å². The average Bonchev–Trinajstić information content (AvgIpc) is 2.66. The lowest BCUT2D eigenvalue weighted by Gasteiger charge is -2.31. The summed E-state index contributed by atoms with van der Waals surface area (Å²) in [6.07, 6.45) is 2.44. The standard InChI is InChI=1S/C19H25N3O5/c1-4-9-20-18(23)14(3)27-19(24)15-5-6-16(17(12-15)22(25)26)21-10-7-13(2)8-11-21/h4-6,12-14H,1,7-11H2,2-3H3,(H,20,23)/t14-/m1/s1. The third-order valence-corrected chi connectivity index (χ3v) is 4.61. The van der Waals surface area contributed by atoms with Gasteiger partial charge < -0.3 is 15.0 Å². The highest BCUT2D eigenvalue weighted by atomic mass is 16.6. The van der Waals surface area contributed by atoms with E-state index in [0.717, 1.165) is 25.9 Å². The van der Waals surface area contributed by atoms with Crippen LogP contribution in [0.2, 0.25) is 0 Å². The number of amides is 1. The third kappa shape index (κ3) is 5.29. The van der Waals surface area contributed by atoms with Crippen molar-refractivity contribution >= 4 is 23.3 Å². The minimum absolute atomic E-state index is 0.0409. The third-order valence-electron chi connectivity index (χ3n) is 4.61. The predicted molar refractivity (Wildman–Crippen MR) is 102 cm³/mol. The zero-order valence-corrected chi connectivity index (χ0v) is 15.6. The quantitative estimate of drug-likeness (QED) is 0.340. The Morgan fingerprint density at radius 3 is 2.70 bits per heavy atom. The van der Waals surface area contributed by atoms with Crippen molar-refractivity contribution in [3.05, 3.63) is 46.5 Å². The number of carbonyl (C=O) groups excluding carboxylic acids is 2. The molecule has 1 amide bonds. The summed E-state index contributed by atoms with van der Waals surface area (Å²) in [7, 11) is 0. The highest BCUT2D eigenvalue weighted by Crippen LogP contribution is 2.32. The van der Waals surface area contributed by atoms with Crippen LogP contribution in [0.3, 0.4) is 0 Å². The number of nitro benzene ring substituents is 1. The molecule has 27 heavy (non-hydrogen) atoms. The molecule has 0 radical (unpaired) electrons. The lowest BCUT2D eigenvalue weighted by molar-refractivity contribution is -0.384. The molecule has 146 valence electrons. The molecule has 1 aromatic carbocycles. The second kappa shape index (κ2) is 9.16. The van der Waals surface area contributed by atoms with E-state index in [1.54, 1.807) is 6.07 Å². The Bertz CT molecular complexity index is 726. The lowest BCUT2D eigenvalue weighted by atomic mass is 9.98. The average molecular weight is 375 g/mol. The van der Waals surface area contributed by atoms with Crippen molar-refractivity contribution in [1.82, 2.24) is 5.32 Å². The fourth-order valence-corrected chi connectivity index (χ4v) is 2.91. The normalized spacial score (nSPS) is 15.7. The molecular weight excluding hydrogens is 350 g/mol. The van der Waals surface area contributed by atoms with Crippen molar-refractivity contribution < 1.29 is 19.2 Å². The molecule has 0 unspecified atom stereocenters. The summed E-state index contributed by atoms with van der Waals surface area (Å²) in [6, 6.07) is 4.29. The highest BCUT2D eigenvalue weighted by Gasteiger charge is 2.26.